The quantitative estimate of drug-likeness (QED) is 0.220. The van der Waals surface area contributed by atoms with Crippen LogP contribution in [0.4, 0.5) is 0 Å². The van der Waals surface area contributed by atoms with Crippen LogP contribution in [0.5, 0.6) is 0 Å². The molecule has 0 unspecified atom stereocenters. The van der Waals surface area contributed by atoms with E-state index >= 15 is 0 Å². The Morgan fingerprint density at radius 2 is 1.08 bits per heavy atom. The van der Waals surface area contributed by atoms with Gasteiger partial charge in [0.15, 0.2) is 17.6 Å². The molecule has 0 atom stereocenters. The van der Waals surface area contributed by atoms with Crippen LogP contribution in [0.1, 0.15) is 22.3 Å². The van der Waals surface area contributed by atoms with Crippen molar-refractivity contribution in [3.63, 3.8) is 0 Å². The molecule has 7 aromatic rings. The van der Waals surface area contributed by atoms with Crippen molar-refractivity contribution in [3.8, 4) is 22.9 Å². The third kappa shape index (κ3) is 5.55. The standard InChI is InChI=1S/C30H22N2O2.C3H3NO/c1-19-3-15-27-25(17-19)31-29(33-27)23-11-7-21(8-12-23)5-6-22-9-13-24(14-10-22)30-32-26-18-20(2)4-16-28(26)34-30;1-2-5-3-4-1/h3-18H,1-2H3;1-3H. The molecule has 3 heterocycles. The Hall–Kier alpha value is -5.23. The van der Waals surface area contributed by atoms with Gasteiger partial charge in [0.2, 0.25) is 11.8 Å². The van der Waals surface area contributed by atoms with Crippen molar-refractivity contribution in [2.24, 2.45) is 0 Å². The molecule has 0 aliphatic rings. The number of hydrogen-bond acceptors (Lipinski definition) is 6. The second kappa shape index (κ2) is 10.6. The highest BCUT2D eigenvalue weighted by atomic mass is 16.4. The maximum absolute atomic E-state index is 5.91. The van der Waals surface area contributed by atoms with Crippen molar-refractivity contribution in [1.82, 2.24) is 15.0 Å². The maximum Gasteiger partial charge on any atom is 0.227 e. The first-order chi connectivity index (χ1) is 19.1. The van der Waals surface area contributed by atoms with Gasteiger partial charge in [-0.2, -0.15) is 0 Å². The number of fused-ring (bicyclic) bond motifs is 2. The van der Waals surface area contributed by atoms with Crippen LogP contribution in [0, 0.1) is 13.8 Å². The Labute approximate surface area is 225 Å². The summed E-state index contributed by atoms with van der Waals surface area (Å²) in [6, 6.07) is 28.5. The minimum absolute atomic E-state index is 0.640. The molecular weight excluding hydrogens is 486 g/mol. The van der Waals surface area contributed by atoms with Gasteiger partial charge in [0.05, 0.1) is 6.20 Å². The van der Waals surface area contributed by atoms with Crippen molar-refractivity contribution >= 4 is 34.4 Å². The van der Waals surface area contributed by atoms with E-state index < -0.39 is 0 Å². The average molecular weight is 512 g/mol. The van der Waals surface area contributed by atoms with E-state index in [2.05, 4.69) is 69.6 Å². The van der Waals surface area contributed by atoms with Gasteiger partial charge < -0.3 is 13.3 Å². The smallest absolute Gasteiger partial charge is 0.227 e. The number of hydrogen-bond donors (Lipinski definition) is 0. The molecule has 0 bridgehead atoms. The lowest BCUT2D eigenvalue weighted by molar-refractivity contribution is 0.558. The fourth-order valence-corrected chi connectivity index (χ4v) is 4.16. The van der Waals surface area contributed by atoms with E-state index in [4.69, 9.17) is 8.83 Å². The number of nitrogens with zero attached hydrogens (tertiary/aromatic N) is 3. The minimum atomic E-state index is 0.640. The Kier molecular flexibility index (Phi) is 6.58. The number of aromatic nitrogens is 3. The average Bonchev–Trinajstić information content (AvgIpc) is 3.74. The molecule has 0 spiro atoms. The highest BCUT2D eigenvalue weighted by Crippen LogP contribution is 2.27. The topological polar surface area (TPSA) is 78.1 Å². The zero-order chi connectivity index (χ0) is 26.6. The van der Waals surface area contributed by atoms with Crippen molar-refractivity contribution in [3.05, 3.63) is 126 Å². The molecule has 0 fully saturated rings. The molecular formula is C33H25N3O3. The lowest BCUT2D eigenvalue weighted by atomic mass is 10.1. The van der Waals surface area contributed by atoms with Crippen LogP contribution in [0.15, 0.2) is 117 Å². The molecule has 6 heteroatoms. The summed E-state index contributed by atoms with van der Waals surface area (Å²) in [5, 5.41) is 0. The second-order valence-electron chi connectivity index (χ2n) is 9.23. The lowest BCUT2D eigenvalue weighted by Gasteiger charge is -1.99. The summed E-state index contributed by atoms with van der Waals surface area (Å²) in [4.78, 5) is 12.8. The van der Waals surface area contributed by atoms with Gasteiger partial charge in [-0.1, -0.05) is 48.6 Å². The first-order valence-electron chi connectivity index (χ1n) is 12.6. The summed E-state index contributed by atoms with van der Waals surface area (Å²) in [5.41, 5.74) is 9.86. The molecule has 4 aromatic carbocycles. The van der Waals surface area contributed by atoms with Gasteiger partial charge in [0.1, 0.15) is 17.3 Å². The number of benzene rings is 4. The van der Waals surface area contributed by atoms with Crippen molar-refractivity contribution in [1.29, 1.82) is 0 Å². The summed E-state index contributed by atoms with van der Waals surface area (Å²) >= 11 is 0. The van der Waals surface area contributed by atoms with Crippen LogP contribution >= 0.6 is 0 Å². The van der Waals surface area contributed by atoms with Crippen molar-refractivity contribution in [2.45, 2.75) is 13.8 Å². The van der Waals surface area contributed by atoms with Crippen LogP contribution in [0.3, 0.4) is 0 Å². The molecule has 3 aromatic heterocycles. The van der Waals surface area contributed by atoms with Crippen LogP contribution in [0.2, 0.25) is 0 Å². The third-order valence-corrected chi connectivity index (χ3v) is 6.22. The van der Waals surface area contributed by atoms with Crippen LogP contribution < -0.4 is 0 Å². The zero-order valence-electron chi connectivity index (χ0n) is 21.5. The Balaban J connectivity index is 0.000000500. The van der Waals surface area contributed by atoms with Crippen molar-refractivity contribution < 1.29 is 13.3 Å². The molecule has 0 N–H and O–H groups in total. The second-order valence-corrected chi connectivity index (χ2v) is 9.23. The number of rotatable bonds is 4. The van der Waals surface area contributed by atoms with Gasteiger partial charge in [-0.25, -0.2) is 15.0 Å². The molecule has 6 nitrogen and oxygen atoms in total. The fraction of sp³-hybridized carbons (Fsp3) is 0.0606. The zero-order valence-corrected chi connectivity index (χ0v) is 21.5. The van der Waals surface area contributed by atoms with Crippen LogP contribution in [-0.2, 0) is 0 Å². The molecule has 0 saturated heterocycles. The van der Waals surface area contributed by atoms with Gasteiger partial charge in [0, 0.05) is 11.1 Å². The Morgan fingerprint density at radius 3 is 1.46 bits per heavy atom. The summed E-state index contributed by atoms with van der Waals surface area (Å²) in [6.07, 6.45) is 8.66. The summed E-state index contributed by atoms with van der Waals surface area (Å²) in [7, 11) is 0. The van der Waals surface area contributed by atoms with E-state index in [1.165, 1.54) is 23.8 Å². The molecule has 0 amide bonds. The number of aryl methyl sites for hydroxylation is 2. The largest absolute Gasteiger partial charge is 0.452 e. The predicted molar refractivity (Wildman–Crippen MR) is 154 cm³/mol. The van der Waals surface area contributed by atoms with Crippen LogP contribution in [0.25, 0.3) is 57.3 Å². The van der Waals surface area contributed by atoms with Gasteiger partial charge in [-0.3, -0.25) is 0 Å². The van der Waals surface area contributed by atoms with E-state index in [1.807, 2.05) is 60.7 Å². The molecule has 190 valence electrons. The van der Waals surface area contributed by atoms with Crippen LogP contribution in [-0.4, -0.2) is 15.0 Å². The predicted octanol–water partition coefficient (Wildman–Crippen LogP) is 8.76. The highest BCUT2D eigenvalue weighted by molar-refractivity contribution is 5.79. The molecule has 39 heavy (non-hydrogen) atoms. The maximum atomic E-state index is 5.91. The Morgan fingerprint density at radius 1 is 0.590 bits per heavy atom. The minimum Gasteiger partial charge on any atom is -0.452 e. The molecule has 0 aliphatic heterocycles. The molecule has 0 saturated carbocycles. The molecule has 0 radical (unpaired) electrons. The first kappa shape index (κ1) is 24.1. The normalized spacial score (nSPS) is 11.2. The highest BCUT2D eigenvalue weighted by Gasteiger charge is 2.09. The van der Waals surface area contributed by atoms with Gasteiger partial charge in [-0.05, 0) is 84.6 Å². The molecule has 0 aliphatic carbocycles. The monoisotopic (exact) mass is 511 g/mol. The third-order valence-electron chi connectivity index (χ3n) is 6.22. The first-order valence-corrected chi connectivity index (χ1v) is 12.6. The summed E-state index contributed by atoms with van der Waals surface area (Å²) in [5.74, 6) is 1.28. The van der Waals surface area contributed by atoms with Crippen molar-refractivity contribution in [2.75, 3.05) is 0 Å². The molecule has 7 rings (SSSR count). The van der Waals surface area contributed by atoms with E-state index in [1.54, 1.807) is 6.20 Å². The SMILES string of the molecule is Cc1ccc2oc(-c3ccc(C=Cc4ccc(-c5nc6cc(C)ccc6o5)cc4)cc3)nc2c1.c1cocn1. The summed E-state index contributed by atoms with van der Waals surface area (Å²) in [6.45, 7) is 4.11. The number of oxazole rings is 3. The van der Waals surface area contributed by atoms with E-state index in [0.717, 1.165) is 44.5 Å². The van der Waals surface area contributed by atoms with Gasteiger partial charge >= 0.3 is 0 Å². The van der Waals surface area contributed by atoms with E-state index in [-0.39, 0.29) is 0 Å². The lowest BCUT2D eigenvalue weighted by Crippen LogP contribution is -1.80. The van der Waals surface area contributed by atoms with Gasteiger partial charge in [-0.15, -0.1) is 0 Å². The fourth-order valence-electron chi connectivity index (χ4n) is 4.16. The van der Waals surface area contributed by atoms with E-state index in [0.29, 0.717) is 11.8 Å². The summed E-state index contributed by atoms with van der Waals surface area (Å²) < 4.78 is 16.3. The van der Waals surface area contributed by atoms with E-state index in [9.17, 15) is 0 Å². The van der Waals surface area contributed by atoms with Gasteiger partial charge in [0.25, 0.3) is 0 Å². The Bertz CT molecular complexity index is 1720.